The zero-order valence-corrected chi connectivity index (χ0v) is 10.8. The second-order valence-corrected chi connectivity index (χ2v) is 4.74. The van der Waals surface area contributed by atoms with Gasteiger partial charge in [0.1, 0.15) is 5.52 Å². The maximum atomic E-state index is 11.8. The van der Waals surface area contributed by atoms with Crippen molar-refractivity contribution >= 4 is 39.0 Å². The molecule has 3 heterocycles. The number of primary amides is 1. The lowest BCUT2D eigenvalue weighted by atomic mass is 10.0. The van der Waals surface area contributed by atoms with E-state index in [1.165, 1.54) is 10.1 Å². The molecule has 0 saturated heterocycles. The third-order valence-electron chi connectivity index (χ3n) is 3.72. The summed E-state index contributed by atoms with van der Waals surface area (Å²) < 4.78 is 1.42. The van der Waals surface area contributed by atoms with Crippen molar-refractivity contribution in [1.29, 1.82) is 0 Å². The molecular formula is C15H11N4O. The largest absolute Gasteiger partial charge is 0.351 e. The van der Waals surface area contributed by atoms with Gasteiger partial charge in [0, 0.05) is 17.0 Å². The Morgan fingerprint density at radius 2 is 2.25 bits per heavy atom. The molecule has 1 aromatic carbocycles. The van der Waals surface area contributed by atoms with E-state index >= 15 is 0 Å². The second kappa shape index (κ2) is 3.66. The lowest BCUT2D eigenvalue weighted by Crippen LogP contribution is -2.19. The van der Waals surface area contributed by atoms with E-state index in [0.29, 0.717) is 16.7 Å². The predicted octanol–water partition coefficient (Wildman–Crippen LogP) is 2.46. The Labute approximate surface area is 114 Å². The molecule has 2 bridgehead atoms. The summed E-state index contributed by atoms with van der Waals surface area (Å²) in [6.45, 7) is 2.09. The summed E-state index contributed by atoms with van der Waals surface area (Å²) in [6.07, 6.45) is 2.62. The van der Waals surface area contributed by atoms with E-state index in [0.717, 1.165) is 22.7 Å². The number of aryl methyl sites for hydroxylation is 1. The molecule has 0 aliphatic rings. The van der Waals surface area contributed by atoms with E-state index in [1.807, 2.05) is 6.07 Å². The molecule has 3 aromatic heterocycles. The van der Waals surface area contributed by atoms with Gasteiger partial charge in [-0.05, 0) is 30.2 Å². The van der Waals surface area contributed by atoms with Crippen LogP contribution in [-0.2, 0) is 6.42 Å². The van der Waals surface area contributed by atoms with Gasteiger partial charge < -0.3 is 5.73 Å². The van der Waals surface area contributed by atoms with Crippen molar-refractivity contribution in [3.63, 3.8) is 0 Å². The Kier molecular flexibility index (Phi) is 2.04. The van der Waals surface area contributed by atoms with E-state index in [1.54, 1.807) is 18.3 Å². The van der Waals surface area contributed by atoms with Gasteiger partial charge in [-0.2, -0.15) is 0 Å². The molecule has 4 aromatic rings. The van der Waals surface area contributed by atoms with Crippen LogP contribution in [0.4, 0.5) is 4.79 Å². The number of aromatic nitrogens is 3. The highest BCUT2D eigenvalue weighted by Crippen LogP contribution is 2.34. The number of nitrogens with two attached hydrogens (primary N) is 1. The Bertz CT molecular complexity index is 970. The Hall–Kier alpha value is -2.69. The number of amides is 1. The van der Waals surface area contributed by atoms with Gasteiger partial charge in [0.05, 0.1) is 11.0 Å². The Morgan fingerprint density at radius 1 is 1.40 bits per heavy atom. The number of pyridine rings is 2. The van der Waals surface area contributed by atoms with Crippen molar-refractivity contribution in [2.45, 2.75) is 13.3 Å². The third kappa shape index (κ3) is 1.19. The maximum absolute atomic E-state index is 11.8. The van der Waals surface area contributed by atoms with Gasteiger partial charge in [0.15, 0.2) is 5.65 Å². The average molecular weight is 263 g/mol. The van der Waals surface area contributed by atoms with E-state index in [-0.39, 0.29) is 0 Å². The van der Waals surface area contributed by atoms with E-state index in [2.05, 4.69) is 23.0 Å². The molecule has 0 fully saturated rings. The highest BCUT2D eigenvalue weighted by Gasteiger charge is 2.20. The smallest absolute Gasteiger partial charge is 0.325 e. The summed E-state index contributed by atoms with van der Waals surface area (Å²) in [4.78, 5) is 20.7. The molecule has 5 nitrogen and oxygen atoms in total. The fraction of sp³-hybridized carbons (Fsp3) is 0.133. The minimum Gasteiger partial charge on any atom is -0.351 e. The van der Waals surface area contributed by atoms with E-state index in [4.69, 9.17) is 5.73 Å². The predicted molar refractivity (Wildman–Crippen MR) is 76.9 cm³/mol. The standard InChI is InChI=1S/C15H11N4O/c1-2-8-6-7-17-13-11(8)9-4-3-5-10-12(9)18-14(13)19(10)15(16)20/h3,5-7H,2H2,1H3,(H2,16,20). The molecule has 0 spiro atoms. The van der Waals surface area contributed by atoms with Crippen molar-refractivity contribution in [1.82, 2.24) is 14.5 Å². The highest BCUT2D eigenvalue weighted by atomic mass is 16.2. The van der Waals surface area contributed by atoms with Gasteiger partial charge in [-0.15, -0.1) is 0 Å². The van der Waals surface area contributed by atoms with Crippen LogP contribution in [0.5, 0.6) is 0 Å². The number of rotatable bonds is 1. The number of hydrogen-bond acceptors (Lipinski definition) is 3. The normalized spacial score (nSPS) is 11.8. The quantitative estimate of drug-likeness (QED) is 0.536. The molecular weight excluding hydrogens is 252 g/mol. The van der Waals surface area contributed by atoms with Crippen LogP contribution < -0.4 is 5.73 Å². The van der Waals surface area contributed by atoms with Crippen molar-refractivity contribution in [2.24, 2.45) is 5.73 Å². The zero-order chi connectivity index (χ0) is 13.9. The topological polar surface area (TPSA) is 73.8 Å². The first kappa shape index (κ1) is 11.2. The number of nitrogens with zero attached hydrogens (tertiary/aromatic N) is 3. The Morgan fingerprint density at radius 3 is 3.00 bits per heavy atom. The molecule has 0 saturated carbocycles. The van der Waals surface area contributed by atoms with Crippen LogP contribution in [0.25, 0.3) is 33.0 Å². The molecule has 1 radical (unpaired) electrons. The lowest BCUT2D eigenvalue weighted by molar-refractivity contribution is 0.252. The summed E-state index contributed by atoms with van der Waals surface area (Å²) in [5, 5.41) is 1.91. The Balaban J connectivity index is 2.41. The average Bonchev–Trinajstić information content (AvgIpc) is 2.84. The summed E-state index contributed by atoms with van der Waals surface area (Å²) in [7, 11) is 0. The van der Waals surface area contributed by atoms with Crippen molar-refractivity contribution in [3.8, 4) is 0 Å². The van der Waals surface area contributed by atoms with Crippen LogP contribution in [0.1, 0.15) is 12.5 Å². The summed E-state index contributed by atoms with van der Waals surface area (Å²) in [5.74, 6) is 0. The molecule has 97 valence electrons. The molecule has 0 atom stereocenters. The lowest BCUT2D eigenvalue weighted by Gasteiger charge is -2.05. The number of carbonyl (C=O) groups is 1. The van der Waals surface area contributed by atoms with Crippen LogP contribution in [-0.4, -0.2) is 20.6 Å². The number of benzene rings is 1. The first-order valence-corrected chi connectivity index (χ1v) is 6.44. The molecule has 2 N–H and O–H groups in total. The molecule has 4 rings (SSSR count). The minimum atomic E-state index is -0.545. The van der Waals surface area contributed by atoms with Crippen molar-refractivity contribution < 1.29 is 4.79 Å². The van der Waals surface area contributed by atoms with Crippen LogP contribution >= 0.6 is 0 Å². The molecule has 5 heteroatoms. The monoisotopic (exact) mass is 263 g/mol. The first-order chi connectivity index (χ1) is 9.72. The summed E-state index contributed by atoms with van der Waals surface area (Å²) >= 11 is 0. The van der Waals surface area contributed by atoms with Gasteiger partial charge in [0.25, 0.3) is 0 Å². The summed E-state index contributed by atoms with van der Waals surface area (Å²) in [5.41, 5.74) is 9.36. The SMILES string of the molecule is CCc1ccnc2c1c1[c]ccc3c1nc2n3C(N)=O. The van der Waals surface area contributed by atoms with Crippen molar-refractivity contribution in [2.75, 3.05) is 0 Å². The van der Waals surface area contributed by atoms with Gasteiger partial charge in [0.2, 0.25) is 0 Å². The number of fused-ring (bicyclic) bond motifs is 4. The molecule has 0 unspecified atom stereocenters. The van der Waals surface area contributed by atoms with Crippen LogP contribution in [0.15, 0.2) is 24.4 Å². The number of imidazole rings is 1. The van der Waals surface area contributed by atoms with Gasteiger partial charge >= 0.3 is 6.03 Å². The minimum absolute atomic E-state index is 0.518. The summed E-state index contributed by atoms with van der Waals surface area (Å²) in [6, 6.07) is 8.27. The van der Waals surface area contributed by atoms with Crippen LogP contribution in [0.3, 0.4) is 0 Å². The zero-order valence-electron chi connectivity index (χ0n) is 10.8. The molecule has 20 heavy (non-hydrogen) atoms. The fourth-order valence-electron chi connectivity index (χ4n) is 2.86. The van der Waals surface area contributed by atoms with Crippen molar-refractivity contribution in [3.05, 3.63) is 36.0 Å². The van der Waals surface area contributed by atoms with Crippen LogP contribution in [0, 0.1) is 6.07 Å². The van der Waals surface area contributed by atoms with Gasteiger partial charge in [-0.3, -0.25) is 4.98 Å². The third-order valence-corrected chi connectivity index (χ3v) is 3.72. The molecule has 1 amide bonds. The molecule has 0 aliphatic carbocycles. The second-order valence-electron chi connectivity index (χ2n) is 4.74. The molecule has 0 aliphatic heterocycles. The van der Waals surface area contributed by atoms with E-state index < -0.39 is 6.03 Å². The first-order valence-electron chi connectivity index (χ1n) is 6.44. The van der Waals surface area contributed by atoms with Crippen LogP contribution in [0.2, 0.25) is 0 Å². The van der Waals surface area contributed by atoms with Gasteiger partial charge in [-0.25, -0.2) is 14.3 Å². The highest BCUT2D eigenvalue weighted by molar-refractivity contribution is 6.19. The van der Waals surface area contributed by atoms with E-state index in [9.17, 15) is 4.79 Å². The maximum Gasteiger partial charge on any atom is 0.325 e. The van der Waals surface area contributed by atoms with Gasteiger partial charge in [-0.1, -0.05) is 13.0 Å². The number of carbonyl (C=O) groups excluding carboxylic acids is 1. The fourth-order valence-corrected chi connectivity index (χ4v) is 2.86. The number of hydrogen-bond donors (Lipinski definition) is 1.